The maximum absolute atomic E-state index is 12.7. The number of fused-ring (bicyclic) bond motifs is 3. The number of nitrogens with one attached hydrogen (secondary N) is 1. The number of halogens is 1. The predicted octanol–water partition coefficient (Wildman–Crippen LogP) is 3.68. The van der Waals surface area contributed by atoms with E-state index >= 15 is 0 Å². The molecule has 1 unspecified atom stereocenters. The number of nitrogens with zero attached hydrogens (tertiary/aromatic N) is 4. The van der Waals surface area contributed by atoms with Gasteiger partial charge in [0.25, 0.3) is 5.56 Å². The molecule has 0 radical (unpaired) electrons. The number of benzene rings is 2. The number of hydrogen-bond donors (Lipinski definition) is 1. The summed E-state index contributed by atoms with van der Waals surface area (Å²) in [7, 11) is 0. The highest BCUT2D eigenvalue weighted by atomic mass is 79.9. The van der Waals surface area contributed by atoms with E-state index in [2.05, 4.69) is 44.4 Å². The molecule has 138 valence electrons. The van der Waals surface area contributed by atoms with Crippen molar-refractivity contribution in [1.82, 2.24) is 24.5 Å². The molecular weight excluding hydrogens is 406 g/mol. The van der Waals surface area contributed by atoms with Gasteiger partial charge in [-0.2, -0.15) is 0 Å². The lowest BCUT2D eigenvalue weighted by Gasteiger charge is -2.15. The van der Waals surface area contributed by atoms with Gasteiger partial charge in [-0.05, 0) is 37.6 Å². The summed E-state index contributed by atoms with van der Waals surface area (Å²) in [4.78, 5) is 12.7. The zero-order valence-corrected chi connectivity index (χ0v) is 16.8. The van der Waals surface area contributed by atoms with Crippen LogP contribution in [0.15, 0.2) is 57.8 Å². The molecule has 2 heterocycles. The third-order valence-corrected chi connectivity index (χ3v) is 5.55. The van der Waals surface area contributed by atoms with E-state index in [-0.39, 0.29) is 11.6 Å². The van der Waals surface area contributed by atoms with E-state index in [4.69, 9.17) is 0 Å². The van der Waals surface area contributed by atoms with E-state index in [0.29, 0.717) is 24.3 Å². The van der Waals surface area contributed by atoms with Gasteiger partial charge in [0.05, 0.1) is 17.4 Å². The number of hydrogen-bond acceptors (Lipinski definition) is 4. The summed E-state index contributed by atoms with van der Waals surface area (Å²) in [5, 5.41) is 12.8. The van der Waals surface area contributed by atoms with Gasteiger partial charge in [-0.25, -0.2) is 0 Å². The van der Waals surface area contributed by atoms with Crippen molar-refractivity contribution in [1.29, 1.82) is 0 Å². The molecule has 0 saturated heterocycles. The molecule has 6 nitrogen and oxygen atoms in total. The summed E-state index contributed by atoms with van der Waals surface area (Å²) < 4.78 is 4.71. The molecule has 0 spiro atoms. The normalized spacial score (nSPS) is 12.7. The molecule has 1 atom stereocenters. The van der Waals surface area contributed by atoms with Crippen LogP contribution in [0, 0.1) is 0 Å². The first-order chi connectivity index (χ1) is 13.1. The maximum atomic E-state index is 12.7. The predicted molar refractivity (Wildman–Crippen MR) is 110 cm³/mol. The van der Waals surface area contributed by atoms with Crippen molar-refractivity contribution in [3.8, 4) is 0 Å². The van der Waals surface area contributed by atoms with Gasteiger partial charge < -0.3 is 5.32 Å². The topological polar surface area (TPSA) is 64.2 Å². The molecule has 0 saturated carbocycles. The van der Waals surface area contributed by atoms with Crippen LogP contribution in [0.5, 0.6) is 0 Å². The van der Waals surface area contributed by atoms with E-state index in [1.165, 1.54) is 5.56 Å². The van der Waals surface area contributed by atoms with Crippen LogP contribution in [-0.2, 0) is 13.1 Å². The van der Waals surface area contributed by atoms with Gasteiger partial charge in [-0.3, -0.25) is 13.8 Å². The van der Waals surface area contributed by atoms with Crippen LogP contribution in [0.4, 0.5) is 0 Å². The molecule has 2 aromatic carbocycles. The molecule has 1 N–H and O–H groups in total. The lowest BCUT2D eigenvalue weighted by molar-refractivity contribution is 0.555. The first kappa shape index (κ1) is 17.9. The Hall–Kier alpha value is -2.51. The Morgan fingerprint density at radius 1 is 1.11 bits per heavy atom. The minimum atomic E-state index is -0.0332. The Morgan fingerprint density at radius 3 is 2.63 bits per heavy atom. The number of aromatic nitrogens is 4. The van der Waals surface area contributed by atoms with Crippen LogP contribution in [0.3, 0.4) is 0 Å². The van der Waals surface area contributed by atoms with Gasteiger partial charge >= 0.3 is 0 Å². The van der Waals surface area contributed by atoms with Crippen molar-refractivity contribution in [2.45, 2.75) is 33.0 Å². The molecule has 0 amide bonds. The summed E-state index contributed by atoms with van der Waals surface area (Å²) in [6.07, 6.45) is 0. The van der Waals surface area contributed by atoms with Crippen LogP contribution in [0.25, 0.3) is 16.7 Å². The van der Waals surface area contributed by atoms with Crippen LogP contribution in [-0.4, -0.2) is 19.2 Å². The van der Waals surface area contributed by atoms with Crippen molar-refractivity contribution in [2.75, 3.05) is 0 Å². The molecule has 2 aromatic heterocycles. The molecule has 0 bridgehead atoms. The molecule has 0 aliphatic rings. The highest BCUT2D eigenvalue weighted by molar-refractivity contribution is 9.10. The maximum Gasteiger partial charge on any atom is 0.262 e. The fraction of sp³-hybridized carbons (Fsp3) is 0.250. The minimum Gasteiger partial charge on any atom is -0.303 e. The van der Waals surface area contributed by atoms with Crippen molar-refractivity contribution in [3.63, 3.8) is 0 Å². The van der Waals surface area contributed by atoms with Crippen LogP contribution < -0.4 is 10.9 Å². The van der Waals surface area contributed by atoms with Gasteiger partial charge in [0.2, 0.25) is 5.78 Å². The number of aryl methyl sites for hydroxylation is 1. The quantitative estimate of drug-likeness (QED) is 0.529. The first-order valence-electron chi connectivity index (χ1n) is 8.95. The average molecular weight is 426 g/mol. The second-order valence-electron chi connectivity index (χ2n) is 6.44. The lowest BCUT2D eigenvalue weighted by Crippen LogP contribution is -2.24. The van der Waals surface area contributed by atoms with Gasteiger partial charge in [0, 0.05) is 17.1 Å². The van der Waals surface area contributed by atoms with Crippen molar-refractivity contribution >= 4 is 32.6 Å². The summed E-state index contributed by atoms with van der Waals surface area (Å²) in [6, 6.07) is 15.9. The average Bonchev–Trinajstić information content (AvgIpc) is 3.11. The fourth-order valence-corrected chi connectivity index (χ4v) is 4.02. The standard InChI is InChI=1S/C20H20BrN5O/c1-3-25-19(27)15-9-5-7-11-17(15)26-18(23-24-20(25)26)12-22-13(2)14-8-4-6-10-16(14)21/h4-11,13,22H,3,12H2,1-2H3. The lowest BCUT2D eigenvalue weighted by atomic mass is 10.1. The van der Waals surface area contributed by atoms with Gasteiger partial charge in [-0.1, -0.05) is 46.3 Å². The van der Waals surface area contributed by atoms with Gasteiger partial charge in [0.1, 0.15) is 0 Å². The molecule has 0 fully saturated rings. The summed E-state index contributed by atoms with van der Waals surface area (Å²) >= 11 is 3.60. The molecule has 27 heavy (non-hydrogen) atoms. The molecule has 4 rings (SSSR count). The van der Waals surface area contributed by atoms with Crippen molar-refractivity contribution < 1.29 is 0 Å². The Bertz CT molecular complexity index is 1180. The second-order valence-corrected chi connectivity index (χ2v) is 7.30. The van der Waals surface area contributed by atoms with Crippen molar-refractivity contribution in [3.05, 3.63) is 74.7 Å². The Morgan fingerprint density at radius 2 is 1.85 bits per heavy atom. The molecule has 4 aromatic rings. The zero-order valence-electron chi connectivity index (χ0n) is 15.2. The van der Waals surface area contributed by atoms with E-state index in [9.17, 15) is 4.79 Å². The Kier molecular flexibility index (Phi) is 4.80. The van der Waals surface area contributed by atoms with E-state index in [1.807, 2.05) is 53.8 Å². The SMILES string of the molecule is CCn1c(=O)c2ccccc2n2c(CNC(C)c3ccccc3Br)nnc12. The monoisotopic (exact) mass is 425 g/mol. The highest BCUT2D eigenvalue weighted by Gasteiger charge is 2.16. The van der Waals surface area contributed by atoms with E-state index in [1.54, 1.807) is 4.57 Å². The highest BCUT2D eigenvalue weighted by Crippen LogP contribution is 2.23. The third kappa shape index (κ3) is 3.07. The summed E-state index contributed by atoms with van der Waals surface area (Å²) in [5.74, 6) is 1.36. The third-order valence-electron chi connectivity index (χ3n) is 4.83. The van der Waals surface area contributed by atoms with E-state index in [0.717, 1.165) is 15.8 Å². The zero-order chi connectivity index (χ0) is 19.0. The van der Waals surface area contributed by atoms with Gasteiger partial charge in [0.15, 0.2) is 5.82 Å². The molecule has 7 heteroatoms. The van der Waals surface area contributed by atoms with Crippen LogP contribution in [0.1, 0.15) is 31.3 Å². The summed E-state index contributed by atoms with van der Waals surface area (Å²) in [5.41, 5.74) is 1.98. The largest absolute Gasteiger partial charge is 0.303 e. The molecule has 0 aliphatic heterocycles. The Labute approximate surface area is 165 Å². The van der Waals surface area contributed by atoms with Gasteiger partial charge in [-0.15, -0.1) is 10.2 Å². The first-order valence-corrected chi connectivity index (χ1v) is 9.74. The van der Waals surface area contributed by atoms with Crippen molar-refractivity contribution in [2.24, 2.45) is 0 Å². The second kappa shape index (κ2) is 7.25. The minimum absolute atomic E-state index is 0.0332. The van der Waals surface area contributed by atoms with Crippen LogP contribution >= 0.6 is 15.9 Å². The Balaban J connectivity index is 1.76. The number of rotatable bonds is 5. The smallest absolute Gasteiger partial charge is 0.262 e. The molecule has 0 aliphatic carbocycles. The molecular formula is C20H20BrN5O. The number of para-hydroxylation sites is 1. The van der Waals surface area contributed by atoms with Crippen LogP contribution in [0.2, 0.25) is 0 Å². The fourth-order valence-electron chi connectivity index (χ4n) is 3.39. The van der Waals surface area contributed by atoms with E-state index < -0.39 is 0 Å². The summed E-state index contributed by atoms with van der Waals surface area (Å²) in [6.45, 7) is 5.14.